The summed E-state index contributed by atoms with van der Waals surface area (Å²) in [5.74, 6) is 1.83. The number of nitrogens with one attached hydrogen (secondary N) is 1. The van der Waals surface area contributed by atoms with E-state index in [9.17, 15) is 9.59 Å². The monoisotopic (exact) mass is 253 g/mol. The van der Waals surface area contributed by atoms with Gasteiger partial charge in [-0.3, -0.25) is 9.59 Å². The van der Waals surface area contributed by atoms with Crippen LogP contribution < -0.4 is 11.1 Å². The molecule has 0 aromatic heterocycles. The third kappa shape index (κ3) is 3.45. The predicted octanol–water partition coefficient (Wildman–Crippen LogP) is -1.30. The van der Waals surface area contributed by atoms with E-state index in [0.29, 0.717) is 19.7 Å². The van der Waals surface area contributed by atoms with Crippen LogP contribution in [0.2, 0.25) is 0 Å². The van der Waals surface area contributed by atoms with Crippen LogP contribution in [0.1, 0.15) is 13.3 Å². The van der Waals surface area contributed by atoms with Crippen molar-refractivity contribution in [3.05, 3.63) is 0 Å². The van der Waals surface area contributed by atoms with Crippen molar-refractivity contribution in [2.24, 2.45) is 5.73 Å². The Bertz CT molecular complexity index is 351. The SMILES string of the molecule is C#CCC(N)C(=O)N1CCOCC1C(=O)NCC. The summed E-state index contributed by atoms with van der Waals surface area (Å²) in [6, 6.07) is -1.37. The number of hydrogen-bond acceptors (Lipinski definition) is 4. The van der Waals surface area contributed by atoms with Crippen molar-refractivity contribution in [3.8, 4) is 12.3 Å². The lowest BCUT2D eigenvalue weighted by Crippen LogP contribution is -2.59. The van der Waals surface area contributed by atoms with Crippen LogP contribution in [0.25, 0.3) is 0 Å². The zero-order valence-corrected chi connectivity index (χ0v) is 10.5. The van der Waals surface area contributed by atoms with Gasteiger partial charge in [-0.1, -0.05) is 0 Å². The molecule has 1 heterocycles. The van der Waals surface area contributed by atoms with Crippen molar-refractivity contribution in [1.29, 1.82) is 0 Å². The van der Waals surface area contributed by atoms with E-state index >= 15 is 0 Å². The van der Waals surface area contributed by atoms with Crippen molar-refractivity contribution >= 4 is 11.8 Å². The molecule has 0 spiro atoms. The molecule has 0 bridgehead atoms. The van der Waals surface area contributed by atoms with Gasteiger partial charge in [0, 0.05) is 19.5 Å². The van der Waals surface area contributed by atoms with Crippen LogP contribution >= 0.6 is 0 Å². The Hall–Kier alpha value is -1.58. The molecule has 0 aliphatic carbocycles. The molecule has 2 unspecified atom stereocenters. The second-order valence-electron chi connectivity index (χ2n) is 4.03. The van der Waals surface area contributed by atoms with Crippen LogP contribution in [0, 0.1) is 12.3 Å². The maximum Gasteiger partial charge on any atom is 0.245 e. The quantitative estimate of drug-likeness (QED) is 0.610. The van der Waals surface area contributed by atoms with E-state index in [0.717, 1.165) is 0 Å². The van der Waals surface area contributed by atoms with Crippen LogP contribution in [-0.2, 0) is 14.3 Å². The van der Waals surface area contributed by atoms with Crippen LogP contribution in [0.4, 0.5) is 0 Å². The molecular formula is C12H19N3O3. The standard InChI is InChI=1S/C12H19N3O3/c1-3-5-9(13)12(17)15-6-7-18-8-10(15)11(16)14-4-2/h1,9-10H,4-8,13H2,2H3,(H,14,16). The summed E-state index contributed by atoms with van der Waals surface area (Å²) in [7, 11) is 0. The zero-order valence-electron chi connectivity index (χ0n) is 10.5. The fraction of sp³-hybridized carbons (Fsp3) is 0.667. The lowest BCUT2D eigenvalue weighted by Gasteiger charge is -2.35. The predicted molar refractivity (Wildman–Crippen MR) is 66.4 cm³/mol. The van der Waals surface area contributed by atoms with E-state index in [1.807, 2.05) is 6.92 Å². The number of terminal acetylenes is 1. The van der Waals surface area contributed by atoms with E-state index in [4.69, 9.17) is 16.9 Å². The van der Waals surface area contributed by atoms with Gasteiger partial charge in [-0.2, -0.15) is 0 Å². The number of nitrogens with two attached hydrogens (primary N) is 1. The number of rotatable bonds is 4. The molecule has 1 saturated heterocycles. The zero-order chi connectivity index (χ0) is 13.5. The normalized spacial score (nSPS) is 20.9. The molecule has 100 valence electrons. The van der Waals surface area contributed by atoms with Gasteiger partial charge < -0.3 is 20.7 Å². The summed E-state index contributed by atoms with van der Waals surface area (Å²) in [4.78, 5) is 25.4. The maximum absolute atomic E-state index is 12.1. The van der Waals surface area contributed by atoms with Crippen molar-refractivity contribution in [2.45, 2.75) is 25.4 Å². The van der Waals surface area contributed by atoms with Gasteiger partial charge in [0.05, 0.1) is 19.3 Å². The highest BCUT2D eigenvalue weighted by atomic mass is 16.5. The minimum Gasteiger partial charge on any atom is -0.377 e. The van der Waals surface area contributed by atoms with Crippen LogP contribution in [0.15, 0.2) is 0 Å². The fourth-order valence-corrected chi connectivity index (χ4v) is 1.80. The summed E-state index contributed by atoms with van der Waals surface area (Å²) < 4.78 is 5.23. The van der Waals surface area contributed by atoms with Crippen molar-refractivity contribution in [1.82, 2.24) is 10.2 Å². The highest BCUT2D eigenvalue weighted by molar-refractivity contribution is 5.90. The molecule has 0 radical (unpaired) electrons. The highest BCUT2D eigenvalue weighted by Crippen LogP contribution is 2.09. The topological polar surface area (TPSA) is 84.7 Å². The third-order valence-corrected chi connectivity index (χ3v) is 2.72. The third-order valence-electron chi connectivity index (χ3n) is 2.72. The maximum atomic E-state index is 12.1. The molecule has 2 atom stereocenters. The minimum atomic E-state index is -0.759. The first-order valence-corrected chi connectivity index (χ1v) is 5.96. The largest absolute Gasteiger partial charge is 0.377 e. The Morgan fingerprint density at radius 3 is 3.00 bits per heavy atom. The average Bonchev–Trinajstić information content (AvgIpc) is 2.38. The lowest BCUT2D eigenvalue weighted by molar-refractivity contribution is -0.149. The summed E-state index contributed by atoms with van der Waals surface area (Å²) in [6.07, 6.45) is 5.30. The first-order valence-electron chi connectivity index (χ1n) is 5.96. The second kappa shape index (κ2) is 6.99. The van der Waals surface area contributed by atoms with E-state index in [-0.39, 0.29) is 24.8 Å². The molecule has 1 aliphatic rings. The molecule has 1 rings (SSSR count). The van der Waals surface area contributed by atoms with Gasteiger partial charge >= 0.3 is 0 Å². The second-order valence-corrected chi connectivity index (χ2v) is 4.03. The fourth-order valence-electron chi connectivity index (χ4n) is 1.80. The van der Waals surface area contributed by atoms with Gasteiger partial charge in [-0.15, -0.1) is 12.3 Å². The summed E-state index contributed by atoms with van der Waals surface area (Å²) in [5.41, 5.74) is 5.69. The molecule has 6 nitrogen and oxygen atoms in total. The molecular weight excluding hydrogens is 234 g/mol. The number of carbonyl (C=O) groups is 2. The number of nitrogens with zero attached hydrogens (tertiary/aromatic N) is 1. The summed E-state index contributed by atoms with van der Waals surface area (Å²) in [5, 5.41) is 2.68. The first-order chi connectivity index (χ1) is 8.61. The van der Waals surface area contributed by atoms with Crippen molar-refractivity contribution < 1.29 is 14.3 Å². The number of morpholine rings is 1. The van der Waals surface area contributed by atoms with Gasteiger partial charge in [0.25, 0.3) is 0 Å². The number of carbonyl (C=O) groups excluding carboxylic acids is 2. The number of amides is 2. The summed E-state index contributed by atoms with van der Waals surface area (Å²) in [6.45, 7) is 3.29. The number of hydrogen-bond donors (Lipinski definition) is 2. The Balaban J connectivity index is 2.73. The molecule has 1 aliphatic heterocycles. The van der Waals surface area contributed by atoms with Gasteiger partial charge in [0.1, 0.15) is 6.04 Å². The Morgan fingerprint density at radius 1 is 1.67 bits per heavy atom. The average molecular weight is 253 g/mol. The first kappa shape index (κ1) is 14.5. The molecule has 1 fully saturated rings. The van der Waals surface area contributed by atoms with Crippen molar-refractivity contribution in [2.75, 3.05) is 26.3 Å². The molecule has 0 aromatic carbocycles. The Kier molecular flexibility index (Phi) is 5.62. The van der Waals surface area contributed by atoms with Gasteiger partial charge in [0.2, 0.25) is 11.8 Å². The molecule has 3 N–H and O–H groups in total. The molecule has 0 aromatic rings. The Labute approximate surface area is 107 Å². The number of ether oxygens (including phenoxy) is 1. The van der Waals surface area contributed by atoms with E-state index in [2.05, 4.69) is 11.2 Å². The minimum absolute atomic E-state index is 0.165. The van der Waals surface area contributed by atoms with E-state index in [1.54, 1.807) is 0 Å². The lowest BCUT2D eigenvalue weighted by atomic mass is 10.1. The molecule has 18 heavy (non-hydrogen) atoms. The molecule has 2 amide bonds. The highest BCUT2D eigenvalue weighted by Gasteiger charge is 2.34. The number of likely N-dealkylation sites (N-methyl/N-ethyl adjacent to an activating group) is 1. The Morgan fingerprint density at radius 2 is 2.39 bits per heavy atom. The summed E-state index contributed by atoms with van der Waals surface area (Å²) >= 11 is 0. The van der Waals surface area contributed by atoms with Crippen LogP contribution in [-0.4, -0.2) is 55.1 Å². The van der Waals surface area contributed by atoms with Gasteiger partial charge in [0.15, 0.2) is 0 Å². The van der Waals surface area contributed by atoms with Gasteiger partial charge in [-0.05, 0) is 6.92 Å². The van der Waals surface area contributed by atoms with Crippen molar-refractivity contribution in [3.63, 3.8) is 0 Å². The molecule has 0 saturated carbocycles. The van der Waals surface area contributed by atoms with Crippen LogP contribution in [0.5, 0.6) is 0 Å². The van der Waals surface area contributed by atoms with Crippen LogP contribution in [0.3, 0.4) is 0 Å². The molecule has 6 heteroatoms. The smallest absolute Gasteiger partial charge is 0.245 e. The van der Waals surface area contributed by atoms with E-state index < -0.39 is 12.1 Å². The van der Waals surface area contributed by atoms with Gasteiger partial charge in [-0.25, -0.2) is 0 Å². The van der Waals surface area contributed by atoms with E-state index in [1.165, 1.54) is 4.90 Å².